The van der Waals surface area contributed by atoms with Crippen LogP contribution in [-0.2, 0) is 5.41 Å². The van der Waals surface area contributed by atoms with E-state index in [1.165, 1.54) is 0 Å². The van der Waals surface area contributed by atoms with Gasteiger partial charge in [0.15, 0.2) is 5.65 Å². The molecule has 5 nitrogen and oxygen atoms in total. The molecule has 0 saturated heterocycles. The van der Waals surface area contributed by atoms with Crippen molar-refractivity contribution in [3.05, 3.63) is 65.7 Å². The number of benzene rings is 1. The van der Waals surface area contributed by atoms with Crippen LogP contribution in [0.1, 0.15) is 17.8 Å². The van der Waals surface area contributed by atoms with E-state index < -0.39 is 0 Å². The first kappa shape index (κ1) is 11.6. The molecule has 0 spiro atoms. The molecule has 1 saturated carbocycles. The van der Waals surface area contributed by atoms with Crippen LogP contribution in [-0.4, -0.2) is 24.9 Å². The fourth-order valence-corrected chi connectivity index (χ4v) is 4.27. The molecular formula is C18H12N4O. The summed E-state index contributed by atoms with van der Waals surface area (Å²) in [5.74, 6) is 0.388. The highest BCUT2D eigenvalue weighted by molar-refractivity contribution is 5.92. The van der Waals surface area contributed by atoms with Gasteiger partial charge in [0.1, 0.15) is 11.5 Å². The smallest absolute Gasteiger partial charge is 0.185 e. The molecule has 2 heterocycles. The molecule has 0 amide bonds. The van der Waals surface area contributed by atoms with Crippen molar-refractivity contribution in [1.29, 1.82) is 0 Å². The maximum atomic E-state index is 10.7. The molecule has 23 heavy (non-hydrogen) atoms. The Morgan fingerprint density at radius 2 is 1.87 bits per heavy atom. The molecule has 6 rings (SSSR count). The van der Waals surface area contributed by atoms with Crippen molar-refractivity contribution in [2.45, 2.75) is 11.8 Å². The van der Waals surface area contributed by atoms with E-state index in [-0.39, 0.29) is 10.8 Å². The zero-order valence-corrected chi connectivity index (χ0v) is 12.1. The summed E-state index contributed by atoms with van der Waals surface area (Å²) in [5.41, 5.74) is 2.74. The van der Waals surface area contributed by atoms with E-state index in [1.54, 1.807) is 6.08 Å². The Bertz CT molecular complexity index is 1120. The fourth-order valence-electron chi connectivity index (χ4n) is 4.27. The van der Waals surface area contributed by atoms with Crippen molar-refractivity contribution < 1.29 is 5.11 Å². The lowest BCUT2D eigenvalue weighted by atomic mass is 9.80. The van der Waals surface area contributed by atoms with Gasteiger partial charge in [0.25, 0.3) is 0 Å². The summed E-state index contributed by atoms with van der Waals surface area (Å²) in [6, 6.07) is 7.89. The zero-order chi connectivity index (χ0) is 15.2. The number of aromatic nitrogens is 4. The van der Waals surface area contributed by atoms with Gasteiger partial charge in [0.2, 0.25) is 0 Å². The van der Waals surface area contributed by atoms with Crippen molar-refractivity contribution in [3.63, 3.8) is 0 Å². The number of aliphatic hydroxyl groups is 1. The van der Waals surface area contributed by atoms with E-state index in [0.29, 0.717) is 5.76 Å². The molecule has 3 aromatic rings. The minimum Gasteiger partial charge on any atom is -0.511 e. The number of hydrogen-bond acceptors (Lipinski definition) is 4. The molecule has 2 aromatic heterocycles. The molecule has 3 aliphatic carbocycles. The Labute approximate surface area is 131 Å². The van der Waals surface area contributed by atoms with E-state index in [0.717, 1.165) is 34.4 Å². The molecule has 2 unspecified atom stereocenters. The van der Waals surface area contributed by atoms with Gasteiger partial charge in [0, 0.05) is 11.5 Å². The molecule has 1 aromatic carbocycles. The number of fused-ring (bicyclic) bond motifs is 5. The summed E-state index contributed by atoms with van der Waals surface area (Å²) < 4.78 is 1.81. The molecule has 1 N–H and O–H groups in total. The molecule has 110 valence electrons. The van der Waals surface area contributed by atoms with Crippen molar-refractivity contribution in [2.75, 3.05) is 0 Å². The van der Waals surface area contributed by atoms with Gasteiger partial charge in [-0.05, 0) is 18.6 Å². The van der Waals surface area contributed by atoms with Crippen LogP contribution in [0, 0.1) is 5.41 Å². The lowest BCUT2D eigenvalue weighted by molar-refractivity contribution is 0.333. The molecule has 0 radical (unpaired) electrons. The Morgan fingerprint density at radius 1 is 1.04 bits per heavy atom. The summed E-state index contributed by atoms with van der Waals surface area (Å²) in [7, 11) is 0. The standard InChI is InChI=1S/C18H12N4O/c23-14-9-13-15(18-8-4-3-7-17(14,18)10-18)19-20-16-11-5-1-2-6-12(11)21-22(13)16/h1-9,23H,10H2. The topological polar surface area (TPSA) is 63.3 Å². The number of hydrogen-bond donors (Lipinski definition) is 1. The third kappa shape index (κ3) is 1.10. The summed E-state index contributed by atoms with van der Waals surface area (Å²) >= 11 is 0. The van der Waals surface area contributed by atoms with E-state index in [9.17, 15) is 5.11 Å². The van der Waals surface area contributed by atoms with Gasteiger partial charge in [-0.3, -0.25) is 0 Å². The first-order chi connectivity index (χ1) is 11.3. The third-order valence-corrected chi connectivity index (χ3v) is 5.52. The normalized spacial score (nSPS) is 30.0. The molecule has 2 atom stereocenters. The van der Waals surface area contributed by atoms with E-state index in [2.05, 4.69) is 27.4 Å². The molecule has 3 aliphatic rings. The maximum absolute atomic E-state index is 10.7. The average molecular weight is 300 g/mol. The van der Waals surface area contributed by atoms with Crippen LogP contribution in [0.25, 0.3) is 22.6 Å². The first-order valence-electron chi connectivity index (χ1n) is 7.68. The molecule has 0 aliphatic heterocycles. The fraction of sp³-hybridized carbons (Fsp3) is 0.167. The monoisotopic (exact) mass is 300 g/mol. The molecule has 0 bridgehead atoms. The van der Waals surface area contributed by atoms with Gasteiger partial charge in [-0.25, -0.2) is 4.52 Å². The Balaban J connectivity index is 1.77. The zero-order valence-electron chi connectivity index (χ0n) is 12.1. The van der Waals surface area contributed by atoms with Gasteiger partial charge >= 0.3 is 0 Å². The Kier molecular flexibility index (Phi) is 1.69. The first-order valence-corrected chi connectivity index (χ1v) is 7.68. The number of nitrogens with zero attached hydrogens (tertiary/aromatic N) is 4. The highest BCUT2D eigenvalue weighted by atomic mass is 16.3. The van der Waals surface area contributed by atoms with Crippen molar-refractivity contribution in [3.8, 4) is 0 Å². The quantitative estimate of drug-likeness (QED) is 0.693. The van der Waals surface area contributed by atoms with Crippen LogP contribution in [0.3, 0.4) is 0 Å². The lowest BCUT2D eigenvalue weighted by Crippen LogP contribution is -2.26. The lowest BCUT2D eigenvalue weighted by Gasteiger charge is -2.27. The van der Waals surface area contributed by atoms with Crippen LogP contribution < -0.4 is 0 Å². The van der Waals surface area contributed by atoms with Crippen LogP contribution in [0.2, 0.25) is 0 Å². The van der Waals surface area contributed by atoms with Crippen LogP contribution in [0.5, 0.6) is 0 Å². The van der Waals surface area contributed by atoms with Gasteiger partial charge in [-0.15, -0.1) is 5.10 Å². The van der Waals surface area contributed by atoms with Gasteiger partial charge in [-0.2, -0.15) is 10.2 Å². The predicted octanol–water partition coefficient (Wildman–Crippen LogP) is 2.94. The predicted molar refractivity (Wildman–Crippen MR) is 85.9 cm³/mol. The van der Waals surface area contributed by atoms with Gasteiger partial charge < -0.3 is 5.11 Å². The molecule has 5 heteroatoms. The second-order valence-electron chi connectivity index (χ2n) is 6.55. The van der Waals surface area contributed by atoms with Gasteiger partial charge in [0.05, 0.1) is 22.0 Å². The summed E-state index contributed by atoms with van der Waals surface area (Å²) in [5, 5.41) is 25.3. The summed E-state index contributed by atoms with van der Waals surface area (Å²) in [4.78, 5) is 0. The Morgan fingerprint density at radius 3 is 2.78 bits per heavy atom. The van der Waals surface area contributed by atoms with Crippen LogP contribution >= 0.6 is 0 Å². The minimum absolute atomic E-state index is 0.269. The van der Waals surface area contributed by atoms with Crippen molar-refractivity contribution >= 4 is 22.6 Å². The third-order valence-electron chi connectivity index (χ3n) is 5.52. The van der Waals surface area contributed by atoms with E-state index in [1.807, 2.05) is 40.9 Å². The van der Waals surface area contributed by atoms with E-state index in [4.69, 9.17) is 0 Å². The minimum atomic E-state index is -0.330. The number of aliphatic hydroxyl groups excluding tert-OH is 1. The largest absolute Gasteiger partial charge is 0.511 e. The molecular weight excluding hydrogens is 288 g/mol. The van der Waals surface area contributed by atoms with Crippen LogP contribution in [0.4, 0.5) is 0 Å². The van der Waals surface area contributed by atoms with Gasteiger partial charge in [-0.1, -0.05) is 36.4 Å². The van der Waals surface area contributed by atoms with Crippen molar-refractivity contribution in [1.82, 2.24) is 19.8 Å². The second-order valence-corrected chi connectivity index (χ2v) is 6.55. The van der Waals surface area contributed by atoms with Crippen LogP contribution in [0.15, 0.2) is 54.3 Å². The van der Waals surface area contributed by atoms with E-state index >= 15 is 0 Å². The Hall–Kier alpha value is -2.95. The number of allylic oxidation sites excluding steroid dienone is 4. The second kappa shape index (κ2) is 3.35. The maximum Gasteiger partial charge on any atom is 0.185 e. The van der Waals surface area contributed by atoms with Crippen molar-refractivity contribution in [2.24, 2.45) is 5.41 Å². The average Bonchev–Trinajstić information content (AvgIpc) is 3.17. The summed E-state index contributed by atoms with van der Waals surface area (Å²) in [6.07, 6.45) is 10.9. The SMILES string of the molecule is OC1=Cc2c(nnc3c4ccccc4nn23)C23C=CC=CC12C3. The molecule has 1 fully saturated rings. The highest BCUT2D eigenvalue weighted by Crippen LogP contribution is 2.72. The number of rotatable bonds is 0. The highest BCUT2D eigenvalue weighted by Gasteiger charge is 2.72. The summed E-state index contributed by atoms with van der Waals surface area (Å²) in [6.45, 7) is 0.